The molecule has 0 aliphatic carbocycles. The Balaban J connectivity index is 2.74. The normalized spacial score (nSPS) is 14.1. The molecule has 0 amide bonds. The van der Waals surface area contributed by atoms with Crippen molar-refractivity contribution >= 4 is 45.6 Å². The standard InChI is InChI=1S/C11H17Cl2N3OS/c1-7(4-5-18(3)17)15-11-9(13)6-8(12)10(14-2)16-11/h6-7H,4-5H2,1-3H3,(H2,14,15,16). The molecule has 2 atom stereocenters. The van der Waals surface area contributed by atoms with Crippen molar-refractivity contribution < 1.29 is 4.21 Å². The van der Waals surface area contributed by atoms with E-state index in [4.69, 9.17) is 23.2 Å². The van der Waals surface area contributed by atoms with E-state index in [2.05, 4.69) is 15.6 Å². The van der Waals surface area contributed by atoms with Crippen LogP contribution in [0.5, 0.6) is 0 Å². The second kappa shape index (κ2) is 7.16. The maximum Gasteiger partial charge on any atom is 0.147 e. The van der Waals surface area contributed by atoms with Crippen LogP contribution in [0.4, 0.5) is 11.6 Å². The SMILES string of the molecule is CNc1nc(NC(C)CCS(C)=O)c(Cl)cc1Cl. The molecule has 4 nitrogen and oxygen atoms in total. The predicted molar refractivity (Wildman–Crippen MR) is 80.4 cm³/mol. The topological polar surface area (TPSA) is 54.0 Å². The van der Waals surface area contributed by atoms with E-state index in [-0.39, 0.29) is 6.04 Å². The van der Waals surface area contributed by atoms with Crippen molar-refractivity contribution in [2.45, 2.75) is 19.4 Å². The molecular formula is C11H17Cl2N3OS. The predicted octanol–water partition coefficient (Wildman–Crippen LogP) is 3.00. The zero-order chi connectivity index (χ0) is 13.7. The first kappa shape index (κ1) is 15.5. The molecule has 0 radical (unpaired) electrons. The van der Waals surface area contributed by atoms with E-state index in [1.54, 1.807) is 19.4 Å². The Kier molecular flexibility index (Phi) is 6.18. The highest BCUT2D eigenvalue weighted by Crippen LogP contribution is 2.29. The summed E-state index contributed by atoms with van der Waals surface area (Å²) in [5.74, 6) is 1.81. The minimum atomic E-state index is -0.786. The summed E-state index contributed by atoms with van der Waals surface area (Å²) in [6, 6.07) is 1.79. The first-order valence-electron chi connectivity index (χ1n) is 5.54. The van der Waals surface area contributed by atoms with Crippen molar-refractivity contribution in [1.82, 2.24) is 4.98 Å². The average Bonchev–Trinajstić information content (AvgIpc) is 2.30. The van der Waals surface area contributed by atoms with Gasteiger partial charge in [0, 0.05) is 35.9 Å². The molecule has 0 fully saturated rings. The van der Waals surface area contributed by atoms with Crippen LogP contribution < -0.4 is 10.6 Å². The number of pyridine rings is 1. The van der Waals surface area contributed by atoms with E-state index in [1.165, 1.54) is 0 Å². The Hall–Kier alpha value is -0.520. The van der Waals surface area contributed by atoms with Gasteiger partial charge in [0.15, 0.2) is 0 Å². The van der Waals surface area contributed by atoms with Crippen LogP contribution in [0.25, 0.3) is 0 Å². The number of hydrogen-bond acceptors (Lipinski definition) is 4. The van der Waals surface area contributed by atoms with Gasteiger partial charge in [0.05, 0.1) is 10.0 Å². The molecule has 2 unspecified atom stereocenters. The summed E-state index contributed by atoms with van der Waals surface area (Å²) < 4.78 is 11.0. The molecule has 0 spiro atoms. The van der Waals surface area contributed by atoms with E-state index >= 15 is 0 Å². The molecule has 1 rings (SSSR count). The van der Waals surface area contributed by atoms with Gasteiger partial charge < -0.3 is 10.6 Å². The fraction of sp³-hybridized carbons (Fsp3) is 0.545. The molecule has 7 heteroatoms. The number of aromatic nitrogens is 1. The molecule has 18 heavy (non-hydrogen) atoms. The van der Waals surface area contributed by atoms with Gasteiger partial charge in [0.25, 0.3) is 0 Å². The lowest BCUT2D eigenvalue weighted by Crippen LogP contribution is -2.19. The molecule has 0 saturated heterocycles. The van der Waals surface area contributed by atoms with Crippen molar-refractivity contribution in [1.29, 1.82) is 0 Å². The van der Waals surface area contributed by atoms with Gasteiger partial charge in [-0.25, -0.2) is 4.98 Å². The number of halogens is 2. The zero-order valence-electron chi connectivity index (χ0n) is 10.6. The fourth-order valence-corrected chi connectivity index (χ4v) is 2.58. The quantitative estimate of drug-likeness (QED) is 0.848. The first-order chi connectivity index (χ1) is 8.43. The molecule has 2 N–H and O–H groups in total. The van der Waals surface area contributed by atoms with E-state index in [1.807, 2.05) is 6.92 Å². The Bertz CT molecular complexity index is 443. The number of hydrogen-bond donors (Lipinski definition) is 2. The number of nitrogens with one attached hydrogen (secondary N) is 2. The second-order valence-corrected chi connectivity index (χ2v) is 6.38. The van der Waals surface area contributed by atoms with Crippen molar-refractivity contribution in [2.24, 2.45) is 0 Å². The molecule has 0 aliphatic heterocycles. The summed E-state index contributed by atoms with van der Waals surface area (Å²) in [6.07, 6.45) is 2.48. The van der Waals surface area contributed by atoms with Gasteiger partial charge in [-0.15, -0.1) is 0 Å². The zero-order valence-corrected chi connectivity index (χ0v) is 12.9. The van der Waals surface area contributed by atoms with Crippen LogP contribution in [0.1, 0.15) is 13.3 Å². The molecular weight excluding hydrogens is 293 g/mol. The van der Waals surface area contributed by atoms with Gasteiger partial charge in [-0.3, -0.25) is 4.21 Å². The van der Waals surface area contributed by atoms with Gasteiger partial charge in [-0.2, -0.15) is 0 Å². The Morgan fingerprint density at radius 2 is 2.00 bits per heavy atom. The minimum absolute atomic E-state index is 0.143. The summed E-state index contributed by atoms with van der Waals surface area (Å²) in [5.41, 5.74) is 0. The second-order valence-electron chi connectivity index (χ2n) is 4.01. The van der Waals surface area contributed by atoms with Gasteiger partial charge >= 0.3 is 0 Å². The lowest BCUT2D eigenvalue weighted by Gasteiger charge is -2.16. The van der Waals surface area contributed by atoms with Crippen molar-refractivity contribution in [3.05, 3.63) is 16.1 Å². The van der Waals surface area contributed by atoms with Crippen molar-refractivity contribution in [3.63, 3.8) is 0 Å². The fourth-order valence-electron chi connectivity index (χ4n) is 1.39. The molecule has 0 saturated carbocycles. The molecule has 102 valence electrons. The Labute approximate surface area is 120 Å². The average molecular weight is 310 g/mol. The lowest BCUT2D eigenvalue weighted by molar-refractivity contribution is 0.678. The maximum atomic E-state index is 11.0. The summed E-state index contributed by atoms with van der Waals surface area (Å²) >= 11 is 12.0. The van der Waals surface area contributed by atoms with Crippen molar-refractivity contribution in [2.75, 3.05) is 29.7 Å². The first-order valence-corrected chi connectivity index (χ1v) is 8.02. The van der Waals surface area contributed by atoms with Crippen LogP contribution in [-0.4, -0.2) is 34.3 Å². The van der Waals surface area contributed by atoms with E-state index in [0.717, 1.165) is 6.42 Å². The number of nitrogens with zero attached hydrogens (tertiary/aromatic N) is 1. The third-order valence-corrected chi connectivity index (χ3v) is 3.77. The number of rotatable bonds is 6. The molecule has 1 aromatic heterocycles. The summed E-state index contributed by atoms with van der Waals surface area (Å²) in [7, 11) is 0.960. The summed E-state index contributed by atoms with van der Waals surface area (Å²) in [5, 5.41) is 7.04. The molecule has 0 aliphatic rings. The smallest absolute Gasteiger partial charge is 0.147 e. The molecule has 1 aromatic rings. The highest BCUT2D eigenvalue weighted by molar-refractivity contribution is 7.84. The molecule has 0 bridgehead atoms. The highest BCUT2D eigenvalue weighted by Gasteiger charge is 2.11. The van der Waals surface area contributed by atoms with E-state index in [0.29, 0.717) is 27.4 Å². The number of anilines is 2. The van der Waals surface area contributed by atoms with E-state index < -0.39 is 10.8 Å². The summed E-state index contributed by atoms with van der Waals surface area (Å²) in [6.45, 7) is 2.00. The monoisotopic (exact) mass is 309 g/mol. The van der Waals surface area contributed by atoms with Crippen LogP contribution >= 0.6 is 23.2 Å². The third-order valence-electron chi connectivity index (χ3n) is 2.39. The van der Waals surface area contributed by atoms with Crippen LogP contribution in [0, 0.1) is 0 Å². The van der Waals surface area contributed by atoms with Crippen molar-refractivity contribution in [3.8, 4) is 0 Å². The van der Waals surface area contributed by atoms with Crippen LogP contribution in [0.15, 0.2) is 6.07 Å². The van der Waals surface area contributed by atoms with Gasteiger partial charge in [-0.05, 0) is 19.4 Å². The Morgan fingerprint density at radius 1 is 1.39 bits per heavy atom. The highest BCUT2D eigenvalue weighted by atomic mass is 35.5. The summed E-state index contributed by atoms with van der Waals surface area (Å²) in [4.78, 5) is 4.30. The maximum absolute atomic E-state index is 11.0. The minimum Gasteiger partial charge on any atom is -0.372 e. The Morgan fingerprint density at radius 3 is 2.56 bits per heavy atom. The van der Waals surface area contributed by atoms with Gasteiger partial charge in [0.2, 0.25) is 0 Å². The van der Waals surface area contributed by atoms with E-state index in [9.17, 15) is 4.21 Å². The van der Waals surface area contributed by atoms with Gasteiger partial charge in [-0.1, -0.05) is 23.2 Å². The third kappa shape index (κ3) is 4.63. The van der Waals surface area contributed by atoms with Gasteiger partial charge in [0.1, 0.15) is 11.6 Å². The van der Waals surface area contributed by atoms with Crippen LogP contribution in [0.3, 0.4) is 0 Å². The molecule has 0 aromatic carbocycles. The largest absolute Gasteiger partial charge is 0.372 e. The van der Waals surface area contributed by atoms with Crippen LogP contribution in [-0.2, 0) is 10.8 Å². The lowest BCUT2D eigenvalue weighted by atomic mass is 10.2. The molecule has 1 heterocycles. The van der Waals surface area contributed by atoms with Crippen LogP contribution in [0.2, 0.25) is 10.0 Å².